The minimum absolute atomic E-state index is 0.0498. The molecule has 0 aliphatic rings. The van der Waals surface area contributed by atoms with Gasteiger partial charge in [-0.2, -0.15) is 0 Å². The molecule has 0 bridgehead atoms. The number of carbonyl (C=O) groups excluding carboxylic acids is 1. The summed E-state index contributed by atoms with van der Waals surface area (Å²) in [6, 6.07) is 3.13. The maximum Gasteiger partial charge on any atom is 0.513 e. The summed E-state index contributed by atoms with van der Waals surface area (Å²) in [6.45, 7) is 3.38. The van der Waals surface area contributed by atoms with Crippen LogP contribution in [-0.4, -0.2) is 23.3 Å². The topological polar surface area (TPSA) is 72.8 Å². The molecule has 1 rings (SSSR count). The lowest BCUT2D eigenvalue weighted by Gasteiger charge is -2.12. The van der Waals surface area contributed by atoms with Gasteiger partial charge in [-0.15, -0.1) is 0 Å². The van der Waals surface area contributed by atoms with Gasteiger partial charge in [0.15, 0.2) is 0 Å². The SMILES string of the molecule is CC(C)Oc1cc(F)ccc1C(=O)OC(=O)O. The first kappa shape index (κ1) is 13.0. The highest BCUT2D eigenvalue weighted by Gasteiger charge is 2.18. The number of carbonyl (C=O) groups is 2. The Balaban J connectivity index is 3.05. The molecule has 5 nitrogen and oxygen atoms in total. The minimum Gasteiger partial charge on any atom is -0.490 e. The van der Waals surface area contributed by atoms with E-state index in [-0.39, 0.29) is 17.4 Å². The molecule has 0 atom stereocenters. The maximum atomic E-state index is 13.0. The minimum atomic E-state index is -1.73. The summed E-state index contributed by atoms with van der Waals surface area (Å²) >= 11 is 0. The third-order valence-corrected chi connectivity index (χ3v) is 1.71. The zero-order chi connectivity index (χ0) is 13.0. The van der Waals surface area contributed by atoms with Crippen molar-refractivity contribution in [1.82, 2.24) is 0 Å². The zero-order valence-corrected chi connectivity index (χ0v) is 9.27. The summed E-state index contributed by atoms with van der Waals surface area (Å²) in [6.07, 6.45) is -2.01. The third-order valence-electron chi connectivity index (χ3n) is 1.71. The van der Waals surface area contributed by atoms with Gasteiger partial charge in [0.2, 0.25) is 0 Å². The average Bonchev–Trinajstić information content (AvgIpc) is 2.15. The van der Waals surface area contributed by atoms with E-state index < -0.39 is 17.9 Å². The molecule has 0 heterocycles. The first-order chi connectivity index (χ1) is 7.90. The molecule has 0 fully saturated rings. The van der Waals surface area contributed by atoms with Crippen LogP contribution in [0.4, 0.5) is 9.18 Å². The summed E-state index contributed by atoms with van der Waals surface area (Å²) in [7, 11) is 0. The van der Waals surface area contributed by atoms with Crippen LogP contribution >= 0.6 is 0 Å². The number of rotatable bonds is 3. The standard InChI is InChI=1S/C11H11FO5/c1-6(2)16-9-5-7(12)3-4-8(9)10(13)17-11(14)15/h3-6H,1-2H3,(H,14,15). The van der Waals surface area contributed by atoms with Crippen LogP contribution in [0, 0.1) is 5.82 Å². The monoisotopic (exact) mass is 242 g/mol. The van der Waals surface area contributed by atoms with Crippen molar-refractivity contribution < 1.29 is 28.6 Å². The molecule has 17 heavy (non-hydrogen) atoms. The Kier molecular flexibility index (Phi) is 4.03. The molecule has 1 aromatic rings. The van der Waals surface area contributed by atoms with E-state index >= 15 is 0 Å². The summed E-state index contributed by atoms with van der Waals surface area (Å²) in [5.41, 5.74) is -0.137. The lowest BCUT2D eigenvalue weighted by Crippen LogP contribution is -2.14. The number of ether oxygens (including phenoxy) is 2. The van der Waals surface area contributed by atoms with Crippen LogP contribution in [0.2, 0.25) is 0 Å². The van der Waals surface area contributed by atoms with E-state index in [9.17, 15) is 14.0 Å². The molecule has 1 N–H and O–H groups in total. The molecule has 6 heteroatoms. The second-order valence-electron chi connectivity index (χ2n) is 3.46. The van der Waals surface area contributed by atoms with Crippen LogP contribution in [0.3, 0.4) is 0 Å². The van der Waals surface area contributed by atoms with Crippen LogP contribution in [0.1, 0.15) is 24.2 Å². The smallest absolute Gasteiger partial charge is 0.490 e. The molecule has 0 amide bonds. The first-order valence-corrected chi connectivity index (χ1v) is 4.81. The van der Waals surface area contributed by atoms with Gasteiger partial charge >= 0.3 is 12.1 Å². The highest BCUT2D eigenvalue weighted by molar-refractivity contribution is 5.97. The van der Waals surface area contributed by atoms with Crippen molar-refractivity contribution in [2.24, 2.45) is 0 Å². The van der Waals surface area contributed by atoms with Crippen LogP contribution in [0.5, 0.6) is 5.75 Å². The molecule has 0 saturated heterocycles. The number of hydrogen-bond acceptors (Lipinski definition) is 4. The molecule has 92 valence electrons. The lowest BCUT2D eigenvalue weighted by molar-refractivity contribution is 0.0504. The molecule has 0 aromatic heterocycles. The fraction of sp³-hybridized carbons (Fsp3) is 0.273. The Hall–Kier alpha value is -2.11. The Morgan fingerprint density at radius 2 is 2.00 bits per heavy atom. The van der Waals surface area contributed by atoms with E-state index in [1.165, 1.54) is 0 Å². The first-order valence-electron chi connectivity index (χ1n) is 4.81. The second kappa shape index (κ2) is 5.29. The van der Waals surface area contributed by atoms with E-state index in [0.29, 0.717) is 0 Å². The third kappa shape index (κ3) is 3.75. The van der Waals surface area contributed by atoms with Crippen molar-refractivity contribution in [2.75, 3.05) is 0 Å². The zero-order valence-electron chi connectivity index (χ0n) is 9.27. The van der Waals surface area contributed by atoms with Crippen LogP contribution in [-0.2, 0) is 4.74 Å². The van der Waals surface area contributed by atoms with E-state index in [1.807, 2.05) is 0 Å². The predicted molar refractivity (Wildman–Crippen MR) is 55.6 cm³/mol. The van der Waals surface area contributed by atoms with E-state index in [2.05, 4.69) is 4.74 Å². The van der Waals surface area contributed by atoms with Crippen LogP contribution in [0.15, 0.2) is 18.2 Å². The number of esters is 1. The molecule has 0 spiro atoms. The van der Waals surface area contributed by atoms with Crippen LogP contribution in [0.25, 0.3) is 0 Å². The summed E-state index contributed by atoms with van der Waals surface area (Å²) in [5.74, 6) is -1.74. The van der Waals surface area contributed by atoms with Gasteiger partial charge < -0.3 is 14.6 Å². The van der Waals surface area contributed by atoms with Gasteiger partial charge in [0, 0.05) is 6.07 Å². The Morgan fingerprint density at radius 1 is 1.35 bits per heavy atom. The van der Waals surface area contributed by atoms with Crippen LogP contribution < -0.4 is 4.74 Å². The molecule has 0 aliphatic heterocycles. The molecule has 0 saturated carbocycles. The number of hydrogen-bond donors (Lipinski definition) is 1. The summed E-state index contributed by atoms with van der Waals surface area (Å²) in [5, 5.41) is 8.31. The molecule has 0 aliphatic carbocycles. The fourth-order valence-electron chi connectivity index (χ4n) is 1.15. The second-order valence-corrected chi connectivity index (χ2v) is 3.46. The van der Waals surface area contributed by atoms with Crippen molar-refractivity contribution >= 4 is 12.1 Å². The Labute approximate surface area is 96.8 Å². The van der Waals surface area contributed by atoms with E-state index in [4.69, 9.17) is 9.84 Å². The molecule has 0 unspecified atom stereocenters. The highest BCUT2D eigenvalue weighted by Crippen LogP contribution is 2.22. The van der Waals surface area contributed by atoms with E-state index in [0.717, 1.165) is 18.2 Å². The lowest BCUT2D eigenvalue weighted by atomic mass is 10.2. The average molecular weight is 242 g/mol. The predicted octanol–water partition coefficient (Wildman–Crippen LogP) is 2.45. The van der Waals surface area contributed by atoms with Gasteiger partial charge in [0.05, 0.1) is 6.10 Å². The van der Waals surface area contributed by atoms with Crippen molar-refractivity contribution in [2.45, 2.75) is 20.0 Å². The number of benzene rings is 1. The van der Waals surface area contributed by atoms with Gasteiger partial charge in [0.25, 0.3) is 0 Å². The van der Waals surface area contributed by atoms with Crippen molar-refractivity contribution in [1.29, 1.82) is 0 Å². The normalized spacial score (nSPS) is 10.1. The fourth-order valence-corrected chi connectivity index (χ4v) is 1.15. The van der Waals surface area contributed by atoms with Gasteiger partial charge in [0.1, 0.15) is 17.1 Å². The summed E-state index contributed by atoms with van der Waals surface area (Å²) < 4.78 is 22.1. The van der Waals surface area contributed by atoms with E-state index in [1.54, 1.807) is 13.8 Å². The Morgan fingerprint density at radius 3 is 2.53 bits per heavy atom. The molecule has 1 aromatic carbocycles. The number of carboxylic acid groups (broad SMARTS) is 1. The van der Waals surface area contributed by atoms with Crippen molar-refractivity contribution in [3.8, 4) is 5.75 Å². The largest absolute Gasteiger partial charge is 0.513 e. The van der Waals surface area contributed by atoms with Gasteiger partial charge in [-0.3, -0.25) is 0 Å². The molecular formula is C11H11FO5. The molecule has 0 radical (unpaired) electrons. The number of halogens is 1. The quantitative estimate of drug-likeness (QED) is 0.651. The van der Waals surface area contributed by atoms with Gasteiger partial charge in [-0.1, -0.05) is 0 Å². The summed E-state index contributed by atoms with van der Waals surface area (Å²) in [4.78, 5) is 21.6. The Bertz CT molecular complexity index is 441. The van der Waals surface area contributed by atoms with Gasteiger partial charge in [-0.25, -0.2) is 14.0 Å². The van der Waals surface area contributed by atoms with Crippen molar-refractivity contribution in [3.05, 3.63) is 29.6 Å². The van der Waals surface area contributed by atoms with Crippen molar-refractivity contribution in [3.63, 3.8) is 0 Å². The molecular weight excluding hydrogens is 231 g/mol. The maximum absolute atomic E-state index is 13.0. The highest BCUT2D eigenvalue weighted by atomic mass is 19.1. The van der Waals surface area contributed by atoms with Gasteiger partial charge in [-0.05, 0) is 26.0 Å².